The van der Waals surface area contributed by atoms with Crippen LogP contribution >= 0.6 is 0 Å². The Bertz CT molecular complexity index is 414. The van der Waals surface area contributed by atoms with Gasteiger partial charge in [-0.25, -0.2) is 9.78 Å². The van der Waals surface area contributed by atoms with Gasteiger partial charge in [0.15, 0.2) is 0 Å². The summed E-state index contributed by atoms with van der Waals surface area (Å²) in [6.45, 7) is 8.94. The minimum atomic E-state index is -0.950. The second-order valence-corrected chi connectivity index (χ2v) is 5.03. The third kappa shape index (κ3) is 3.73. The van der Waals surface area contributed by atoms with Crippen molar-refractivity contribution < 1.29 is 9.90 Å². The number of nitrogens with one attached hydrogen (secondary N) is 1. The molecule has 17 heavy (non-hydrogen) atoms. The largest absolute Gasteiger partial charge is 0.478 e. The van der Waals surface area contributed by atoms with Crippen molar-refractivity contribution in [2.24, 2.45) is 5.41 Å². The van der Waals surface area contributed by atoms with Crippen molar-refractivity contribution >= 4 is 11.8 Å². The number of aromatic carboxylic acids is 1. The summed E-state index contributed by atoms with van der Waals surface area (Å²) in [7, 11) is 0. The number of nitrogens with zero attached hydrogens (tertiary/aromatic N) is 1. The molecular weight excluding hydrogens is 216 g/mol. The van der Waals surface area contributed by atoms with Crippen LogP contribution in [0.3, 0.4) is 0 Å². The van der Waals surface area contributed by atoms with E-state index in [1.807, 2.05) is 6.92 Å². The highest BCUT2D eigenvalue weighted by molar-refractivity contribution is 5.93. The summed E-state index contributed by atoms with van der Waals surface area (Å²) in [4.78, 5) is 15.3. The minimum Gasteiger partial charge on any atom is -0.478 e. The van der Waals surface area contributed by atoms with Crippen molar-refractivity contribution in [1.29, 1.82) is 0 Å². The van der Waals surface area contributed by atoms with E-state index in [0.717, 1.165) is 12.1 Å². The molecule has 0 aliphatic heterocycles. The maximum absolute atomic E-state index is 11.0. The molecule has 94 valence electrons. The summed E-state index contributed by atoms with van der Waals surface area (Å²) in [6.07, 6.45) is 1.02. The first-order chi connectivity index (χ1) is 7.85. The van der Waals surface area contributed by atoms with E-state index >= 15 is 0 Å². The van der Waals surface area contributed by atoms with Crippen molar-refractivity contribution in [3.05, 3.63) is 23.4 Å². The lowest BCUT2D eigenvalue weighted by Crippen LogP contribution is -2.23. The monoisotopic (exact) mass is 236 g/mol. The fourth-order valence-electron chi connectivity index (χ4n) is 1.31. The second kappa shape index (κ2) is 5.17. The molecule has 0 spiro atoms. The van der Waals surface area contributed by atoms with Crippen LogP contribution in [0.4, 0.5) is 5.82 Å². The SMILES string of the molecule is CCC(C)(C)CNc1nc(C)ccc1C(=O)O. The van der Waals surface area contributed by atoms with Crippen LogP contribution in [0.25, 0.3) is 0 Å². The topological polar surface area (TPSA) is 62.2 Å². The molecular formula is C13H20N2O2. The van der Waals surface area contributed by atoms with E-state index in [2.05, 4.69) is 31.1 Å². The van der Waals surface area contributed by atoms with Gasteiger partial charge in [-0.05, 0) is 30.9 Å². The van der Waals surface area contributed by atoms with Crippen molar-refractivity contribution in [2.45, 2.75) is 34.1 Å². The van der Waals surface area contributed by atoms with Crippen LogP contribution in [0.1, 0.15) is 43.2 Å². The van der Waals surface area contributed by atoms with E-state index in [-0.39, 0.29) is 11.0 Å². The Morgan fingerprint density at radius 3 is 2.65 bits per heavy atom. The van der Waals surface area contributed by atoms with Gasteiger partial charge in [0.1, 0.15) is 11.4 Å². The smallest absolute Gasteiger partial charge is 0.339 e. The van der Waals surface area contributed by atoms with Gasteiger partial charge in [0.05, 0.1) is 0 Å². The maximum Gasteiger partial charge on any atom is 0.339 e. The molecule has 1 heterocycles. The zero-order valence-corrected chi connectivity index (χ0v) is 10.9. The molecule has 1 aromatic heterocycles. The Hall–Kier alpha value is -1.58. The lowest BCUT2D eigenvalue weighted by Gasteiger charge is -2.23. The summed E-state index contributed by atoms with van der Waals surface area (Å²) in [5, 5.41) is 12.2. The molecule has 0 atom stereocenters. The third-order valence-electron chi connectivity index (χ3n) is 2.96. The van der Waals surface area contributed by atoms with Crippen molar-refractivity contribution in [1.82, 2.24) is 4.98 Å². The van der Waals surface area contributed by atoms with E-state index in [1.54, 1.807) is 12.1 Å². The van der Waals surface area contributed by atoms with Crippen LogP contribution < -0.4 is 5.32 Å². The van der Waals surface area contributed by atoms with Crippen LogP contribution in [0.15, 0.2) is 12.1 Å². The van der Waals surface area contributed by atoms with E-state index in [1.165, 1.54) is 0 Å². The number of carboxylic acids is 1. The van der Waals surface area contributed by atoms with Gasteiger partial charge in [0.2, 0.25) is 0 Å². The van der Waals surface area contributed by atoms with Gasteiger partial charge in [-0.2, -0.15) is 0 Å². The second-order valence-electron chi connectivity index (χ2n) is 5.03. The van der Waals surface area contributed by atoms with Crippen LogP contribution in [-0.2, 0) is 0 Å². The molecule has 0 radical (unpaired) electrons. The average molecular weight is 236 g/mol. The Balaban J connectivity index is 2.89. The quantitative estimate of drug-likeness (QED) is 0.825. The van der Waals surface area contributed by atoms with Crippen LogP contribution in [0, 0.1) is 12.3 Å². The summed E-state index contributed by atoms with van der Waals surface area (Å²) in [5.41, 5.74) is 1.16. The molecule has 0 saturated carbocycles. The summed E-state index contributed by atoms with van der Waals surface area (Å²) < 4.78 is 0. The summed E-state index contributed by atoms with van der Waals surface area (Å²) >= 11 is 0. The van der Waals surface area contributed by atoms with E-state index in [9.17, 15) is 4.79 Å². The molecule has 1 aromatic rings. The lowest BCUT2D eigenvalue weighted by molar-refractivity contribution is 0.0697. The first-order valence-electron chi connectivity index (χ1n) is 5.80. The van der Waals surface area contributed by atoms with Gasteiger partial charge in [0, 0.05) is 12.2 Å². The van der Waals surface area contributed by atoms with Crippen LogP contribution in [0.5, 0.6) is 0 Å². The predicted octanol–water partition coefficient (Wildman–Crippen LogP) is 2.94. The molecule has 0 amide bonds. The van der Waals surface area contributed by atoms with Gasteiger partial charge < -0.3 is 10.4 Å². The third-order valence-corrected chi connectivity index (χ3v) is 2.96. The number of hydrogen-bond acceptors (Lipinski definition) is 3. The van der Waals surface area contributed by atoms with Gasteiger partial charge in [-0.1, -0.05) is 20.8 Å². The maximum atomic E-state index is 11.0. The molecule has 0 fully saturated rings. The number of aromatic nitrogens is 1. The number of hydrogen-bond donors (Lipinski definition) is 2. The molecule has 4 heteroatoms. The Morgan fingerprint density at radius 2 is 2.12 bits per heavy atom. The van der Waals surface area contributed by atoms with Crippen LogP contribution in [0.2, 0.25) is 0 Å². The number of carboxylic acid groups (broad SMARTS) is 1. The fourth-order valence-corrected chi connectivity index (χ4v) is 1.31. The highest BCUT2D eigenvalue weighted by Gasteiger charge is 2.17. The number of pyridine rings is 1. The fraction of sp³-hybridized carbons (Fsp3) is 0.538. The van der Waals surface area contributed by atoms with E-state index in [4.69, 9.17) is 5.11 Å². The molecule has 1 rings (SSSR count). The summed E-state index contributed by atoms with van der Waals surface area (Å²) in [6, 6.07) is 3.30. The molecule has 0 saturated heterocycles. The molecule has 0 bridgehead atoms. The van der Waals surface area contributed by atoms with E-state index in [0.29, 0.717) is 12.4 Å². The van der Waals surface area contributed by atoms with Crippen molar-refractivity contribution in [3.63, 3.8) is 0 Å². The number of rotatable bonds is 5. The molecule has 0 aliphatic rings. The Kier molecular flexibility index (Phi) is 4.10. The summed E-state index contributed by atoms with van der Waals surface area (Å²) in [5.74, 6) is -0.492. The minimum absolute atomic E-state index is 0.126. The molecule has 0 unspecified atom stereocenters. The zero-order chi connectivity index (χ0) is 13.1. The first kappa shape index (κ1) is 13.5. The predicted molar refractivity (Wildman–Crippen MR) is 68.5 cm³/mol. The number of carbonyl (C=O) groups is 1. The Labute approximate surface area is 102 Å². The number of anilines is 1. The normalized spacial score (nSPS) is 11.3. The lowest BCUT2D eigenvalue weighted by atomic mass is 9.90. The van der Waals surface area contributed by atoms with Crippen molar-refractivity contribution in [3.8, 4) is 0 Å². The highest BCUT2D eigenvalue weighted by atomic mass is 16.4. The molecule has 0 aliphatic carbocycles. The highest BCUT2D eigenvalue weighted by Crippen LogP contribution is 2.21. The van der Waals surface area contributed by atoms with Crippen LogP contribution in [-0.4, -0.2) is 22.6 Å². The Morgan fingerprint density at radius 1 is 1.47 bits per heavy atom. The van der Waals surface area contributed by atoms with Gasteiger partial charge >= 0.3 is 5.97 Å². The number of aryl methyl sites for hydroxylation is 1. The zero-order valence-electron chi connectivity index (χ0n) is 10.9. The molecule has 2 N–H and O–H groups in total. The van der Waals surface area contributed by atoms with Gasteiger partial charge in [0.25, 0.3) is 0 Å². The average Bonchev–Trinajstić information content (AvgIpc) is 2.26. The van der Waals surface area contributed by atoms with Crippen molar-refractivity contribution in [2.75, 3.05) is 11.9 Å². The van der Waals surface area contributed by atoms with E-state index < -0.39 is 5.97 Å². The molecule has 0 aromatic carbocycles. The van der Waals surface area contributed by atoms with Gasteiger partial charge in [-0.15, -0.1) is 0 Å². The standard InChI is InChI=1S/C13H20N2O2/c1-5-13(3,4)8-14-11-10(12(16)17)7-6-9(2)15-11/h6-7H,5,8H2,1-4H3,(H,14,15)(H,16,17). The van der Waals surface area contributed by atoms with Gasteiger partial charge in [-0.3, -0.25) is 0 Å². The first-order valence-corrected chi connectivity index (χ1v) is 5.80. The molecule has 4 nitrogen and oxygen atoms in total.